The summed E-state index contributed by atoms with van der Waals surface area (Å²) in [6, 6.07) is 23.9. The monoisotopic (exact) mass is 656 g/mol. The number of hydrogen-bond acceptors (Lipinski definition) is 6. The summed E-state index contributed by atoms with van der Waals surface area (Å²) in [6.45, 7) is 11.6. The van der Waals surface area contributed by atoms with E-state index in [1.165, 1.54) is 7.11 Å². The Morgan fingerprint density at radius 2 is 1.61 bits per heavy atom. The van der Waals surface area contributed by atoms with Crippen molar-refractivity contribution in [1.82, 2.24) is 4.98 Å². The number of anilines is 4. The molecule has 0 radical (unpaired) electrons. The lowest BCUT2D eigenvalue weighted by molar-refractivity contribution is 0.262. The minimum atomic E-state index is -2.72. The fourth-order valence-electron chi connectivity index (χ4n) is 5.13. The van der Waals surface area contributed by atoms with Crippen molar-refractivity contribution in [1.29, 1.82) is 0 Å². The summed E-state index contributed by atoms with van der Waals surface area (Å²) in [6.07, 6.45) is 1.67. The fourth-order valence-corrected chi connectivity index (χ4v) is 6.57. The molecule has 0 spiro atoms. The van der Waals surface area contributed by atoms with Gasteiger partial charge in [0.2, 0.25) is 0 Å². The summed E-state index contributed by atoms with van der Waals surface area (Å²) in [5.41, 5.74) is 3.60. The van der Waals surface area contributed by atoms with Crippen molar-refractivity contribution in [2.24, 2.45) is 0 Å². The molecule has 0 bridgehead atoms. The number of aryl methyl sites for hydroxylation is 1. The Balaban J connectivity index is 1.40. The van der Waals surface area contributed by atoms with Crippen molar-refractivity contribution in [3.05, 3.63) is 101 Å². The van der Waals surface area contributed by atoms with Crippen LogP contribution in [-0.2, 0) is 9.98 Å². The predicted molar refractivity (Wildman–Crippen MR) is 191 cm³/mol. The van der Waals surface area contributed by atoms with Crippen LogP contribution in [0, 0.1) is 6.92 Å². The molecule has 5 rings (SSSR count). The first-order valence-corrected chi connectivity index (χ1v) is 17.7. The maximum Gasteiger partial charge on any atom is 0.323 e. The second-order valence-electron chi connectivity index (χ2n) is 12.5. The van der Waals surface area contributed by atoms with Crippen molar-refractivity contribution in [3.8, 4) is 17.2 Å². The number of nitrogens with one attached hydrogen (secondary N) is 3. The van der Waals surface area contributed by atoms with E-state index in [1.807, 2.05) is 73.7 Å². The number of ether oxygens (including phenoxy) is 2. The summed E-state index contributed by atoms with van der Waals surface area (Å²) < 4.78 is 25.2. The summed E-state index contributed by atoms with van der Waals surface area (Å²) in [4.78, 5) is 17.8. The number of carbonyl (C=O) groups excluding carboxylic acids is 1. The molecule has 0 aliphatic rings. The van der Waals surface area contributed by atoms with E-state index < -0.39 is 13.2 Å². The van der Waals surface area contributed by atoms with E-state index in [0.717, 1.165) is 27.6 Å². The van der Waals surface area contributed by atoms with E-state index in [-0.39, 0.29) is 5.41 Å². The van der Waals surface area contributed by atoms with E-state index in [1.54, 1.807) is 31.7 Å². The zero-order valence-corrected chi connectivity index (χ0v) is 28.6. The van der Waals surface area contributed by atoms with Gasteiger partial charge in [0.1, 0.15) is 24.5 Å². The number of nitrogens with zero attached hydrogens (tertiary/aromatic N) is 1. The van der Waals surface area contributed by atoms with Gasteiger partial charge in [-0.2, -0.15) is 0 Å². The average Bonchev–Trinajstić information content (AvgIpc) is 2.97. The molecule has 46 heavy (non-hydrogen) atoms. The van der Waals surface area contributed by atoms with Crippen LogP contribution in [0.3, 0.4) is 0 Å². The number of urea groups is 1. The number of methoxy groups -OCH3 is 1. The van der Waals surface area contributed by atoms with Gasteiger partial charge < -0.3 is 30.0 Å². The largest absolute Gasteiger partial charge is 0.494 e. The lowest BCUT2D eigenvalue weighted by Crippen LogP contribution is -2.23. The molecule has 2 amide bonds. The second-order valence-corrected chi connectivity index (χ2v) is 16.2. The third-order valence-corrected chi connectivity index (χ3v) is 9.08. The lowest BCUT2D eigenvalue weighted by atomic mass is 9.86. The Hall–Kier alpha value is -4.52. The van der Waals surface area contributed by atoms with E-state index in [9.17, 15) is 9.36 Å². The normalized spacial score (nSPS) is 11.7. The highest BCUT2D eigenvalue weighted by atomic mass is 35.5. The maximum absolute atomic E-state index is 13.4. The van der Waals surface area contributed by atoms with Gasteiger partial charge in [-0.3, -0.25) is 0 Å². The van der Waals surface area contributed by atoms with E-state index in [4.69, 9.17) is 21.1 Å². The maximum atomic E-state index is 13.4. The number of rotatable bonds is 8. The Morgan fingerprint density at radius 1 is 0.891 bits per heavy atom. The smallest absolute Gasteiger partial charge is 0.323 e. The third-order valence-electron chi connectivity index (χ3n) is 7.37. The average molecular weight is 657 g/mol. The van der Waals surface area contributed by atoms with Crippen LogP contribution in [0.2, 0.25) is 5.02 Å². The van der Waals surface area contributed by atoms with Crippen LogP contribution >= 0.6 is 18.7 Å². The first-order chi connectivity index (χ1) is 21.7. The number of aromatic nitrogens is 1. The van der Waals surface area contributed by atoms with Crippen molar-refractivity contribution in [2.75, 3.05) is 36.4 Å². The highest BCUT2D eigenvalue weighted by Gasteiger charge is 2.26. The molecule has 1 aromatic heterocycles. The van der Waals surface area contributed by atoms with Crippen LogP contribution in [0.4, 0.5) is 27.7 Å². The first-order valence-electron chi connectivity index (χ1n) is 14.8. The molecule has 0 saturated carbocycles. The molecule has 0 unspecified atom stereocenters. The van der Waals surface area contributed by atoms with E-state index in [2.05, 4.69) is 41.7 Å². The topological polar surface area (TPSA) is 102 Å². The van der Waals surface area contributed by atoms with Gasteiger partial charge in [-0.15, -0.1) is 0 Å². The lowest BCUT2D eigenvalue weighted by Gasteiger charge is -2.25. The zero-order valence-electron chi connectivity index (χ0n) is 27.0. The summed E-state index contributed by atoms with van der Waals surface area (Å²) in [5.74, 6) is 2.20. The van der Waals surface area contributed by atoms with E-state index in [0.29, 0.717) is 44.8 Å². The van der Waals surface area contributed by atoms with Gasteiger partial charge in [0.25, 0.3) is 0 Å². The van der Waals surface area contributed by atoms with Crippen LogP contribution in [0.15, 0.2) is 85.1 Å². The van der Waals surface area contributed by atoms with Crippen LogP contribution in [0.25, 0.3) is 10.8 Å². The Labute approximate surface area is 274 Å². The third kappa shape index (κ3) is 7.64. The number of pyridine rings is 1. The Bertz CT molecular complexity index is 1960. The molecule has 0 aliphatic heterocycles. The molecule has 3 N–H and O–H groups in total. The molecule has 5 aromatic rings. The fraction of sp³-hybridized carbons (Fsp3) is 0.222. The second kappa shape index (κ2) is 13.1. The van der Waals surface area contributed by atoms with Gasteiger partial charge in [-0.05, 0) is 85.3 Å². The van der Waals surface area contributed by atoms with Crippen molar-refractivity contribution >= 4 is 63.7 Å². The number of carbonyl (C=O) groups is 1. The predicted octanol–water partition coefficient (Wildman–Crippen LogP) is 9.93. The van der Waals surface area contributed by atoms with Gasteiger partial charge in [0.15, 0.2) is 5.75 Å². The van der Waals surface area contributed by atoms with E-state index >= 15 is 0 Å². The van der Waals surface area contributed by atoms with Gasteiger partial charge in [-0.1, -0.05) is 56.6 Å². The zero-order chi connectivity index (χ0) is 33.2. The van der Waals surface area contributed by atoms with Crippen LogP contribution < -0.4 is 30.7 Å². The molecule has 0 atom stereocenters. The number of fused-ring (bicyclic) bond motifs is 1. The van der Waals surface area contributed by atoms with Gasteiger partial charge >= 0.3 is 6.03 Å². The summed E-state index contributed by atoms with van der Waals surface area (Å²) in [7, 11) is -1.21. The number of amides is 2. The standard InChI is InChI=1S/C36H38ClN4O4P/c1-22-16-24(37)20-25(17-22)39-33-21-26(14-15-38-33)45-31-13-12-29(27-10-8-9-11-28(27)31)40-35(42)41-30-18-23(36(2,3)4)19-32(34(30)44-5)46(6,7)43/h8-21H,1-7H3,(H,38,39)(H2,40,41,42). The van der Waals surface area contributed by atoms with Gasteiger partial charge in [-0.25, -0.2) is 9.78 Å². The van der Waals surface area contributed by atoms with Crippen LogP contribution in [-0.4, -0.2) is 31.5 Å². The molecule has 238 valence electrons. The van der Waals surface area contributed by atoms with Crippen molar-refractivity contribution < 1.29 is 18.8 Å². The summed E-state index contributed by atoms with van der Waals surface area (Å²) in [5, 5.41) is 12.0. The first kappa shape index (κ1) is 32.9. The number of hydrogen-bond donors (Lipinski definition) is 3. The molecule has 10 heteroatoms. The van der Waals surface area contributed by atoms with Crippen LogP contribution in [0.5, 0.6) is 17.2 Å². The number of benzene rings is 4. The quantitative estimate of drug-likeness (QED) is 0.144. The molecule has 8 nitrogen and oxygen atoms in total. The summed E-state index contributed by atoms with van der Waals surface area (Å²) >= 11 is 6.22. The highest BCUT2D eigenvalue weighted by Crippen LogP contribution is 2.43. The van der Waals surface area contributed by atoms with Gasteiger partial charge in [0, 0.05) is 33.7 Å². The highest BCUT2D eigenvalue weighted by molar-refractivity contribution is 7.70. The van der Waals surface area contributed by atoms with Crippen molar-refractivity contribution in [3.63, 3.8) is 0 Å². The Kier molecular flexibility index (Phi) is 9.34. The molecule has 0 aliphatic carbocycles. The van der Waals surface area contributed by atoms with Gasteiger partial charge in [0.05, 0.1) is 23.8 Å². The van der Waals surface area contributed by atoms with Crippen molar-refractivity contribution in [2.45, 2.75) is 33.1 Å². The minimum Gasteiger partial charge on any atom is -0.494 e. The molecule has 4 aromatic carbocycles. The minimum absolute atomic E-state index is 0.241. The molecule has 0 saturated heterocycles. The molecular weight excluding hydrogens is 619 g/mol. The Morgan fingerprint density at radius 3 is 2.28 bits per heavy atom. The molecule has 0 fully saturated rings. The molecular formula is C36H38ClN4O4P. The number of halogens is 1. The molecule has 1 heterocycles. The van der Waals surface area contributed by atoms with Crippen LogP contribution in [0.1, 0.15) is 31.9 Å². The SMILES string of the molecule is COc1c(NC(=O)Nc2ccc(Oc3ccnc(Nc4cc(C)cc(Cl)c4)c3)c3ccccc23)cc(C(C)(C)C)cc1P(C)(C)=O.